The molecule has 3 rings (SSSR count). The Hall–Kier alpha value is -2.34. The molecule has 2 amide bonds. The Morgan fingerprint density at radius 3 is 2.47 bits per heavy atom. The molecule has 0 heterocycles. The van der Waals surface area contributed by atoms with Crippen LogP contribution < -0.4 is 5.32 Å². The summed E-state index contributed by atoms with van der Waals surface area (Å²) in [7, 11) is 0. The van der Waals surface area contributed by atoms with E-state index >= 15 is 0 Å². The SMILES string of the molecule is C[C@H](C(=O)NC1CCCCC1)N(CCc1ccccc1)C(=O)CSCc1ccccc1F. The number of nitrogens with one attached hydrogen (secondary N) is 1. The molecule has 0 spiro atoms. The molecule has 0 radical (unpaired) electrons. The fourth-order valence-corrected chi connectivity index (χ4v) is 4.98. The summed E-state index contributed by atoms with van der Waals surface area (Å²) < 4.78 is 13.9. The summed E-state index contributed by atoms with van der Waals surface area (Å²) in [6.07, 6.45) is 6.21. The molecule has 1 saturated carbocycles. The van der Waals surface area contributed by atoms with Gasteiger partial charge in [0.05, 0.1) is 5.75 Å². The zero-order chi connectivity index (χ0) is 22.8. The van der Waals surface area contributed by atoms with Crippen LogP contribution in [0.1, 0.15) is 50.2 Å². The van der Waals surface area contributed by atoms with Crippen molar-refractivity contribution in [1.29, 1.82) is 0 Å². The number of carbonyl (C=O) groups excluding carboxylic acids is 2. The van der Waals surface area contributed by atoms with Crippen molar-refractivity contribution in [3.8, 4) is 0 Å². The van der Waals surface area contributed by atoms with Crippen molar-refractivity contribution in [2.45, 2.75) is 63.3 Å². The van der Waals surface area contributed by atoms with Crippen LogP contribution in [0, 0.1) is 5.82 Å². The number of hydrogen-bond acceptors (Lipinski definition) is 3. The van der Waals surface area contributed by atoms with Crippen molar-refractivity contribution in [3.05, 3.63) is 71.5 Å². The lowest BCUT2D eigenvalue weighted by Gasteiger charge is -2.31. The summed E-state index contributed by atoms with van der Waals surface area (Å²) in [5.74, 6) is 0.206. The van der Waals surface area contributed by atoms with E-state index in [4.69, 9.17) is 0 Å². The molecule has 1 aliphatic carbocycles. The maximum Gasteiger partial charge on any atom is 0.242 e. The fourth-order valence-electron chi connectivity index (χ4n) is 4.09. The van der Waals surface area contributed by atoms with Gasteiger partial charge in [0.1, 0.15) is 11.9 Å². The van der Waals surface area contributed by atoms with Crippen molar-refractivity contribution in [3.63, 3.8) is 0 Å². The molecule has 4 nitrogen and oxygen atoms in total. The van der Waals surface area contributed by atoms with E-state index in [1.165, 1.54) is 24.2 Å². The van der Waals surface area contributed by atoms with Crippen molar-refractivity contribution < 1.29 is 14.0 Å². The van der Waals surface area contributed by atoms with Crippen LogP contribution in [0.5, 0.6) is 0 Å². The number of nitrogens with zero attached hydrogens (tertiary/aromatic N) is 1. The van der Waals surface area contributed by atoms with Gasteiger partial charge in [-0.15, -0.1) is 11.8 Å². The predicted octanol–water partition coefficient (Wildman–Crippen LogP) is 4.97. The maximum absolute atomic E-state index is 13.9. The Labute approximate surface area is 195 Å². The largest absolute Gasteiger partial charge is 0.352 e. The number of amides is 2. The van der Waals surface area contributed by atoms with E-state index in [1.807, 2.05) is 37.3 Å². The van der Waals surface area contributed by atoms with Crippen molar-refractivity contribution >= 4 is 23.6 Å². The summed E-state index contributed by atoms with van der Waals surface area (Å²) >= 11 is 1.38. The molecule has 32 heavy (non-hydrogen) atoms. The second-order valence-corrected chi connectivity index (χ2v) is 9.41. The topological polar surface area (TPSA) is 49.4 Å². The number of thioether (sulfide) groups is 1. The van der Waals surface area contributed by atoms with Crippen LogP contribution in [0.4, 0.5) is 4.39 Å². The molecule has 0 aliphatic heterocycles. The number of carbonyl (C=O) groups is 2. The molecular weight excluding hydrogens is 423 g/mol. The van der Waals surface area contributed by atoms with Crippen LogP contribution >= 0.6 is 11.8 Å². The minimum Gasteiger partial charge on any atom is -0.352 e. The second-order valence-electron chi connectivity index (χ2n) is 8.43. The Kier molecular flexibility index (Phi) is 9.60. The maximum atomic E-state index is 13.9. The Morgan fingerprint density at radius 2 is 1.75 bits per heavy atom. The molecule has 1 aliphatic rings. The highest BCUT2D eigenvalue weighted by Gasteiger charge is 2.27. The average Bonchev–Trinajstić information content (AvgIpc) is 2.81. The zero-order valence-electron chi connectivity index (χ0n) is 18.8. The molecule has 6 heteroatoms. The smallest absolute Gasteiger partial charge is 0.242 e. The Balaban J connectivity index is 1.60. The summed E-state index contributed by atoms with van der Waals surface area (Å²) in [5, 5.41) is 3.15. The third-order valence-electron chi connectivity index (χ3n) is 6.04. The molecule has 1 fully saturated rings. The molecule has 0 unspecified atom stereocenters. The molecule has 172 valence electrons. The lowest BCUT2D eigenvalue weighted by Crippen LogP contribution is -2.51. The molecule has 0 aromatic heterocycles. The second kappa shape index (κ2) is 12.6. The molecule has 0 saturated heterocycles. The van der Waals surface area contributed by atoms with Gasteiger partial charge < -0.3 is 10.2 Å². The summed E-state index contributed by atoms with van der Waals surface area (Å²) in [6.45, 7) is 2.28. The van der Waals surface area contributed by atoms with E-state index in [9.17, 15) is 14.0 Å². The van der Waals surface area contributed by atoms with Gasteiger partial charge in [-0.2, -0.15) is 0 Å². The van der Waals surface area contributed by atoms with Gasteiger partial charge in [-0.1, -0.05) is 67.8 Å². The van der Waals surface area contributed by atoms with Gasteiger partial charge >= 0.3 is 0 Å². The van der Waals surface area contributed by atoms with Gasteiger partial charge in [0.15, 0.2) is 0 Å². The van der Waals surface area contributed by atoms with Crippen molar-refractivity contribution in [2.24, 2.45) is 0 Å². The molecule has 1 N–H and O–H groups in total. The first-order chi connectivity index (χ1) is 15.5. The van der Waals surface area contributed by atoms with E-state index in [-0.39, 0.29) is 29.4 Å². The van der Waals surface area contributed by atoms with Crippen LogP contribution in [-0.2, 0) is 21.8 Å². The standard InChI is InChI=1S/C26H33FN2O2S/c1-20(26(31)28-23-13-6-3-7-14-23)29(17-16-21-10-4-2-5-11-21)25(30)19-32-18-22-12-8-9-15-24(22)27/h2,4-5,8-12,15,20,23H,3,6-7,13-14,16-19H2,1H3,(H,28,31)/t20-/m1/s1. The van der Waals surface area contributed by atoms with Gasteiger partial charge in [-0.05, 0) is 43.4 Å². The first-order valence-corrected chi connectivity index (χ1v) is 12.6. The molecule has 1 atom stereocenters. The number of rotatable bonds is 10. The molecule has 2 aromatic carbocycles. The van der Waals surface area contributed by atoms with Crippen LogP contribution in [0.15, 0.2) is 54.6 Å². The fraction of sp³-hybridized carbons (Fsp3) is 0.462. The van der Waals surface area contributed by atoms with Gasteiger partial charge in [0.25, 0.3) is 0 Å². The lowest BCUT2D eigenvalue weighted by molar-refractivity contribution is -0.138. The third kappa shape index (κ3) is 7.37. The highest BCUT2D eigenvalue weighted by atomic mass is 32.2. The predicted molar refractivity (Wildman–Crippen MR) is 129 cm³/mol. The lowest BCUT2D eigenvalue weighted by atomic mass is 9.95. The van der Waals surface area contributed by atoms with Gasteiger partial charge in [-0.3, -0.25) is 9.59 Å². The molecule has 0 bridgehead atoms. The highest BCUT2D eigenvalue weighted by molar-refractivity contribution is 7.99. The minimum atomic E-state index is -0.540. The zero-order valence-corrected chi connectivity index (χ0v) is 19.6. The van der Waals surface area contributed by atoms with Crippen molar-refractivity contribution in [1.82, 2.24) is 10.2 Å². The third-order valence-corrected chi connectivity index (χ3v) is 7.01. The van der Waals surface area contributed by atoms with Crippen LogP contribution in [0.25, 0.3) is 0 Å². The van der Waals surface area contributed by atoms with E-state index in [0.29, 0.717) is 24.3 Å². The van der Waals surface area contributed by atoms with Crippen LogP contribution in [0.3, 0.4) is 0 Å². The number of halogens is 1. The normalized spacial score (nSPS) is 15.2. The van der Waals surface area contributed by atoms with E-state index in [1.54, 1.807) is 23.1 Å². The number of hydrogen-bond donors (Lipinski definition) is 1. The first kappa shape index (κ1) is 24.3. The minimum absolute atomic E-state index is 0.0857. The Morgan fingerprint density at radius 1 is 1.06 bits per heavy atom. The highest BCUT2D eigenvalue weighted by Crippen LogP contribution is 2.19. The van der Waals surface area contributed by atoms with Crippen molar-refractivity contribution in [2.75, 3.05) is 12.3 Å². The van der Waals surface area contributed by atoms with E-state index < -0.39 is 6.04 Å². The van der Waals surface area contributed by atoms with Gasteiger partial charge in [0, 0.05) is 18.3 Å². The summed E-state index contributed by atoms with van der Waals surface area (Å²) in [6, 6.07) is 16.3. The summed E-state index contributed by atoms with van der Waals surface area (Å²) in [4.78, 5) is 27.7. The van der Waals surface area contributed by atoms with Crippen LogP contribution in [0.2, 0.25) is 0 Å². The molecular formula is C26H33FN2O2S. The monoisotopic (exact) mass is 456 g/mol. The molecule has 2 aromatic rings. The van der Waals surface area contributed by atoms with E-state index in [2.05, 4.69) is 5.32 Å². The number of benzene rings is 2. The first-order valence-electron chi connectivity index (χ1n) is 11.5. The Bertz CT molecular complexity index is 871. The quantitative estimate of drug-likeness (QED) is 0.549. The van der Waals surface area contributed by atoms with Gasteiger partial charge in [-0.25, -0.2) is 4.39 Å². The van der Waals surface area contributed by atoms with E-state index in [0.717, 1.165) is 31.2 Å². The van der Waals surface area contributed by atoms with Crippen LogP contribution in [-0.4, -0.2) is 41.1 Å². The van der Waals surface area contributed by atoms with Gasteiger partial charge in [0.2, 0.25) is 11.8 Å². The summed E-state index contributed by atoms with van der Waals surface area (Å²) in [5.41, 5.74) is 1.72. The average molecular weight is 457 g/mol.